The Hall–Kier alpha value is -11.5. The molecule has 0 atom stereocenters. The Morgan fingerprint density at radius 2 is 0.863 bits per heavy atom. The lowest BCUT2D eigenvalue weighted by Crippen LogP contribution is -2.48. The number of hydrogen-bond acceptors (Lipinski definition) is 22. The Morgan fingerprint density at radius 1 is 0.484 bits per heavy atom. The number of nitrogens with one attached hydrogen (secondary N) is 1. The van der Waals surface area contributed by atoms with Gasteiger partial charge in [-0.25, -0.2) is 75.7 Å². The molecule has 0 radical (unpaired) electrons. The van der Waals surface area contributed by atoms with Crippen molar-refractivity contribution in [1.82, 2.24) is 42.6 Å². The van der Waals surface area contributed by atoms with Crippen LogP contribution in [0.5, 0.6) is 34.5 Å². The number of urea groups is 2. The van der Waals surface area contributed by atoms with Crippen molar-refractivity contribution in [2.24, 2.45) is 0 Å². The Bertz CT molecular complexity index is 6000. The van der Waals surface area contributed by atoms with Crippen LogP contribution in [0.25, 0.3) is 33.1 Å². The van der Waals surface area contributed by atoms with Crippen LogP contribution in [0.2, 0.25) is 5.02 Å². The lowest BCUT2D eigenvalue weighted by Gasteiger charge is -2.37. The Kier molecular flexibility index (Phi) is 27.2. The van der Waals surface area contributed by atoms with E-state index in [0.717, 1.165) is 57.1 Å². The zero-order valence-corrected chi connectivity index (χ0v) is 71.7. The minimum absolute atomic E-state index is 0.0128. The predicted octanol–water partition coefficient (Wildman–Crippen LogP) is 13.4. The zero-order valence-electron chi connectivity index (χ0n) is 69.3. The number of carbonyl (C=O) groups excluding carboxylic acids is 3. The Labute approximate surface area is 715 Å². The van der Waals surface area contributed by atoms with Crippen molar-refractivity contribution >= 4 is 111 Å². The average molecular weight is 1780 g/mol. The number of morpholine rings is 3. The zero-order chi connectivity index (χ0) is 88.2. The fourth-order valence-corrected chi connectivity index (χ4v) is 19.0. The van der Waals surface area contributed by atoms with E-state index in [4.69, 9.17) is 54.2 Å². The van der Waals surface area contributed by atoms with Crippen molar-refractivity contribution in [1.29, 1.82) is 0 Å². The fourth-order valence-electron chi connectivity index (χ4n) is 15.8. The van der Waals surface area contributed by atoms with Gasteiger partial charge in [0.2, 0.25) is 5.91 Å². The standard InChI is InChI=1S/C31H33ClF2N4O6S.C30H31F2N5O6S.C24H27F2N5O4/c1-4-8-26(39)37(30-28(33)24(42-2)16-25(43-3)29(30)34)18-20-17-35-31-23(27(20)32)15-21(19-36-11-13-44-14-12-36)38(31)45(40,41)22-9-6-5-7-10-22;1-4-35-27-19(17-36(30(35)38)28-25(31)23(41-2)15-24(42-3)26(28)32)16-33-29-22(27)14-20(18-34-10-12-43-13-11-34)37(29)44(39,40)21-8-6-5-7-9-21;1-4-30-21-14(11-27-23-16(21)9-15(28-23)13-29-5-7-35-8-6-29)12-31(24(30)32)22-19(25)17(33-2)10-18(34-3)20(22)26/h5-7,9-10,15-17H,4,8,11-14,18-19H2,1-3H3;5-9,14-16H,4,10-13,17-18H2,1-3H3;9-11H,4-8,12-13H2,1-3H3,(H,27,28). The highest BCUT2D eigenvalue weighted by Gasteiger charge is 2.42. The lowest BCUT2D eigenvalue weighted by molar-refractivity contribution is -0.118. The van der Waals surface area contributed by atoms with Crippen molar-refractivity contribution in [3.63, 3.8) is 0 Å². The maximum atomic E-state index is 15.6. The van der Waals surface area contributed by atoms with E-state index in [9.17, 15) is 31.2 Å². The third-order valence-corrected chi connectivity index (χ3v) is 25.8. The van der Waals surface area contributed by atoms with E-state index in [1.165, 1.54) is 97.1 Å². The fraction of sp³-hybridized carbons (Fsp3) is 0.365. The number of amides is 5. The molecule has 5 aromatic carbocycles. The molecule has 0 saturated carbocycles. The summed E-state index contributed by atoms with van der Waals surface area (Å²) < 4.78 is 198. The van der Waals surface area contributed by atoms with Gasteiger partial charge in [0.1, 0.15) is 22.7 Å². The monoisotopic (exact) mass is 1780 g/mol. The number of aromatic nitrogens is 6. The van der Waals surface area contributed by atoms with Crippen LogP contribution in [0.3, 0.4) is 0 Å². The first kappa shape index (κ1) is 88.8. The van der Waals surface area contributed by atoms with Crippen LogP contribution in [0, 0.1) is 34.9 Å². The van der Waals surface area contributed by atoms with Gasteiger partial charge >= 0.3 is 12.1 Å². The lowest BCUT2D eigenvalue weighted by atomic mass is 10.1. The number of hydrogen-bond donors (Lipinski definition) is 1. The van der Waals surface area contributed by atoms with Gasteiger partial charge in [0, 0.05) is 154 Å². The third-order valence-electron chi connectivity index (χ3n) is 21.9. The number of fused-ring (bicyclic) bond motifs is 7. The number of H-pyrrole nitrogens is 1. The number of pyridine rings is 3. The topological polar surface area (TPSA) is 293 Å². The summed E-state index contributed by atoms with van der Waals surface area (Å²) in [4.78, 5) is 70.3. The number of halogens is 7. The van der Waals surface area contributed by atoms with Crippen molar-refractivity contribution in [2.45, 2.75) is 82.7 Å². The molecule has 6 aromatic heterocycles. The van der Waals surface area contributed by atoms with E-state index in [0.29, 0.717) is 142 Å². The maximum Gasteiger partial charge on any atom is 0.329 e. The molecule has 0 bridgehead atoms. The quantitative estimate of drug-likeness (QED) is 0.0520. The van der Waals surface area contributed by atoms with Crippen LogP contribution in [0.15, 0.2) is 125 Å². The molecular weight excluding hydrogens is 1690 g/mol. The van der Waals surface area contributed by atoms with Gasteiger partial charge in [0.05, 0.1) is 140 Å². The molecule has 1 N–H and O–H groups in total. The second-order valence-electron chi connectivity index (χ2n) is 29.2. The smallest absolute Gasteiger partial charge is 0.329 e. The van der Waals surface area contributed by atoms with E-state index in [1.54, 1.807) is 68.6 Å². The summed E-state index contributed by atoms with van der Waals surface area (Å²) in [5.41, 5.74) is 3.50. The number of benzene rings is 5. The summed E-state index contributed by atoms with van der Waals surface area (Å²) in [5.74, 6) is -8.42. The third kappa shape index (κ3) is 17.1. The van der Waals surface area contributed by atoms with Gasteiger partial charge in [-0.3, -0.25) is 39.1 Å². The summed E-state index contributed by atoms with van der Waals surface area (Å²) in [5, 5.41) is 1.63. The molecule has 0 unspecified atom stereocenters. The van der Waals surface area contributed by atoms with E-state index in [2.05, 4.69) is 34.6 Å². The second kappa shape index (κ2) is 37.9. The number of anilines is 5. The van der Waals surface area contributed by atoms with Crippen molar-refractivity contribution in [3.05, 3.63) is 189 Å². The van der Waals surface area contributed by atoms with Crippen molar-refractivity contribution < 1.29 is 100 Å². The first-order valence-corrected chi connectivity index (χ1v) is 43.0. The highest BCUT2D eigenvalue weighted by atomic mass is 35.5. The van der Waals surface area contributed by atoms with Crippen molar-refractivity contribution in [3.8, 4) is 34.5 Å². The van der Waals surface area contributed by atoms with Crippen molar-refractivity contribution in [2.75, 3.05) is 159 Å². The molecule has 30 nitrogen and oxygen atoms in total. The summed E-state index contributed by atoms with van der Waals surface area (Å²) in [6.45, 7) is 14.0. The van der Waals surface area contributed by atoms with Crippen LogP contribution in [0.1, 0.15) is 67.4 Å². The number of carbonyl (C=O) groups is 3. The largest absolute Gasteiger partial charge is 0.493 e. The number of aromatic amines is 1. The van der Waals surface area contributed by atoms with E-state index < -0.39 is 90.0 Å². The molecule has 16 rings (SSSR count). The van der Waals surface area contributed by atoms with E-state index in [-0.39, 0.29) is 105 Å². The highest BCUT2D eigenvalue weighted by molar-refractivity contribution is 7.90. The van der Waals surface area contributed by atoms with Crippen LogP contribution in [0.4, 0.5) is 64.4 Å². The first-order valence-electron chi connectivity index (χ1n) is 39.8. The minimum atomic E-state index is -4.10. The Balaban J connectivity index is 0.000000153. The maximum absolute atomic E-state index is 15.6. The molecule has 39 heteroatoms. The summed E-state index contributed by atoms with van der Waals surface area (Å²) in [6, 6.07) is 23.4. The molecule has 11 aromatic rings. The highest BCUT2D eigenvalue weighted by Crippen LogP contribution is 2.47. The number of methoxy groups -OCH3 is 6. The molecule has 5 aliphatic heterocycles. The van der Waals surface area contributed by atoms with Gasteiger partial charge < -0.3 is 52.5 Å². The number of nitrogens with zero attached hydrogens (tertiary/aromatic N) is 13. The van der Waals surface area contributed by atoms with Gasteiger partial charge in [-0.15, -0.1) is 0 Å². The van der Waals surface area contributed by atoms with Gasteiger partial charge in [0.15, 0.2) is 80.7 Å². The second-order valence-corrected chi connectivity index (χ2v) is 33.2. The molecule has 11 heterocycles. The van der Waals surface area contributed by atoms with Crippen LogP contribution in [-0.4, -0.2) is 212 Å². The Morgan fingerprint density at radius 3 is 1.27 bits per heavy atom. The van der Waals surface area contributed by atoms with Gasteiger partial charge in [0.25, 0.3) is 20.0 Å². The predicted molar refractivity (Wildman–Crippen MR) is 451 cm³/mol. The summed E-state index contributed by atoms with van der Waals surface area (Å²) in [7, 11) is -0.757. The molecule has 658 valence electrons. The molecule has 124 heavy (non-hydrogen) atoms. The first-order chi connectivity index (χ1) is 59.8. The number of ether oxygens (including phenoxy) is 9. The molecule has 5 aliphatic rings. The van der Waals surface area contributed by atoms with Crippen LogP contribution < -0.4 is 52.9 Å². The minimum Gasteiger partial charge on any atom is -0.493 e. The van der Waals surface area contributed by atoms with E-state index in [1.807, 2.05) is 13.0 Å². The SMILES string of the molecule is CCCC(=O)N(Cc1cnc2c(cc(CN3CCOCC3)n2S(=O)(=O)c2ccccc2)c1Cl)c1c(F)c(OC)cc(OC)c1F.CCN1C(=O)N(c2c(F)c(OC)cc(OC)c2F)Cc2cnc3[nH]c(CN4CCOCC4)cc3c21.CCN1C(=O)N(c2c(F)c(OC)cc(OC)c2F)Cc2cnc3c(cc(CN4CCOCC4)n3S(=O)(=O)c3ccccc3)c21. The normalized spacial score (nSPS) is 15.5. The van der Waals surface area contributed by atoms with Crippen LogP contribution >= 0.6 is 11.6 Å². The summed E-state index contributed by atoms with van der Waals surface area (Å²) >= 11 is 6.92. The van der Waals surface area contributed by atoms with E-state index >= 15 is 26.3 Å². The molecular formula is C85H91ClF6N14O16S2. The molecule has 3 saturated heterocycles. The van der Waals surface area contributed by atoms with Gasteiger partial charge in [-0.1, -0.05) is 54.9 Å². The van der Waals surface area contributed by atoms with Crippen LogP contribution in [-0.2, 0) is 78.3 Å². The molecule has 3 fully saturated rings. The number of rotatable bonds is 25. The summed E-state index contributed by atoms with van der Waals surface area (Å²) in [6.07, 6.45) is 4.81. The van der Waals surface area contributed by atoms with Gasteiger partial charge in [-0.05, 0) is 62.7 Å². The van der Waals surface area contributed by atoms with Gasteiger partial charge in [-0.2, -0.15) is 0 Å². The molecule has 5 amide bonds. The molecule has 0 spiro atoms. The molecule has 0 aliphatic carbocycles. The average Bonchev–Trinajstić information content (AvgIpc) is 1.51.